The molecule has 2 rings (SSSR count). The van der Waals surface area contributed by atoms with Crippen LogP contribution in [0.1, 0.15) is 12.0 Å². The number of nitrogens with two attached hydrogens (primary N) is 1. The van der Waals surface area contributed by atoms with E-state index in [1.807, 2.05) is 31.2 Å². The number of ether oxygens (including phenoxy) is 1. The van der Waals surface area contributed by atoms with Crippen LogP contribution in [0.25, 0.3) is 0 Å². The van der Waals surface area contributed by atoms with Gasteiger partial charge in [-0.15, -0.1) is 0 Å². The number of nitrogens with zero attached hydrogens (tertiary/aromatic N) is 1. The van der Waals surface area contributed by atoms with Crippen LogP contribution >= 0.6 is 15.9 Å². The molecule has 1 aromatic heterocycles. The Morgan fingerprint density at radius 2 is 2.10 bits per heavy atom. The van der Waals surface area contributed by atoms with Crippen LogP contribution in [0, 0.1) is 6.92 Å². The second-order valence-electron chi connectivity index (χ2n) is 4.58. The zero-order valence-corrected chi connectivity index (χ0v) is 12.9. The molecule has 0 radical (unpaired) electrons. The van der Waals surface area contributed by atoms with Gasteiger partial charge in [0.1, 0.15) is 5.75 Å². The number of anilines is 1. The molecule has 0 spiro atoms. The highest BCUT2D eigenvalue weighted by atomic mass is 79.9. The second kappa shape index (κ2) is 6.61. The molecular formula is C15H17BrN2O2. The number of aromatic nitrogens is 1. The van der Waals surface area contributed by atoms with E-state index in [9.17, 15) is 4.79 Å². The summed E-state index contributed by atoms with van der Waals surface area (Å²) in [6.07, 6.45) is 2.54. The number of para-hydroxylation sites is 2. The van der Waals surface area contributed by atoms with E-state index in [-0.39, 0.29) is 5.56 Å². The van der Waals surface area contributed by atoms with Crippen molar-refractivity contribution in [2.24, 2.45) is 0 Å². The molecule has 0 aliphatic heterocycles. The number of pyridine rings is 1. The van der Waals surface area contributed by atoms with Gasteiger partial charge in [-0.1, -0.05) is 12.1 Å². The van der Waals surface area contributed by atoms with Crippen molar-refractivity contribution in [2.75, 3.05) is 12.3 Å². The Hall–Kier alpha value is -1.75. The van der Waals surface area contributed by atoms with E-state index in [1.165, 1.54) is 0 Å². The number of nitrogen functional groups attached to an aromatic ring is 1. The molecule has 0 aliphatic carbocycles. The van der Waals surface area contributed by atoms with Crippen molar-refractivity contribution < 1.29 is 4.74 Å². The van der Waals surface area contributed by atoms with Gasteiger partial charge in [0.25, 0.3) is 5.56 Å². The molecule has 0 aliphatic rings. The molecule has 5 heteroatoms. The normalized spacial score (nSPS) is 10.5. The number of benzene rings is 1. The van der Waals surface area contributed by atoms with E-state index in [0.717, 1.165) is 16.5 Å². The van der Waals surface area contributed by atoms with Gasteiger partial charge in [0.05, 0.1) is 12.3 Å². The van der Waals surface area contributed by atoms with Crippen LogP contribution in [0.3, 0.4) is 0 Å². The van der Waals surface area contributed by atoms with Crippen LogP contribution in [-0.4, -0.2) is 11.2 Å². The Balaban J connectivity index is 1.91. The average Bonchev–Trinajstić information content (AvgIpc) is 2.41. The highest BCUT2D eigenvalue weighted by Crippen LogP contribution is 2.19. The molecule has 106 valence electrons. The average molecular weight is 337 g/mol. The zero-order chi connectivity index (χ0) is 14.5. The molecular weight excluding hydrogens is 320 g/mol. The maximum absolute atomic E-state index is 11.9. The molecule has 2 aromatic rings. The molecule has 0 amide bonds. The van der Waals surface area contributed by atoms with Crippen LogP contribution in [0.15, 0.2) is 45.8 Å². The minimum Gasteiger partial charge on any atom is -0.491 e. The fourth-order valence-corrected chi connectivity index (χ4v) is 2.53. The van der Waals surface area contributed by atoms with Crippen LogP contribution in [-0.2, 0) is 6.54 Å². The van der Waals surface area contributed by atoms with Gasteiger partial charge in [-0.3, -0.25) is 4.79 Å². The Kier molecular flexibility index (Phi) is 4.84. The van der Waals surface area contributed by atoms with E-state index in [0.29, 0.717) is 24.6 Å². The van der Waals surface area contributed by atoms with Gasteiger partial charge < -0.3 is 15.0 Å². The van der Waals surface area contributed by atoms with E-state index < -0.39 is 0 Å². The lowest BCUT2D eigenvalue weighted by molar-refractivity contribution is 0.302. The van der Waals surface area contributed by atoms with E-state index in [1.54, 1.807) is 16.8 Å². The molecule has 0 saturated carbocycles. The van der Waals surface area contributed by atoms with Gasteiger partial charge in [0.15, 0.2) is 0 Å². The summed E-state index contributed by atoms with van der Waals surface area (Å²) in [5.41, 5.74) is 7.18. The van der Waals surface area contributed by atoms with Gasteiger partial charge in [-0.25, -0.2) is 0 Å². The topological polar surface area (TPSA) is 57.2 Å². The van der Waals surface area contributed by atoms with Crippen molar-refractivity contribution in [1.29, 1.82) is 0 Å². The van der Waals surface area contributed by atoms with Crippen molar-refractivity contribution in [3.05, 3.63) is 56.9 Å². The first kappa shape index (κ1) is 14.7. The Bertz CT molecular complexity index is 653. The minimum absolute atomic E-state index is 0.0347. The summed E-state index contributed by atoms with van der Waals surface area (Å²) >= 11 is 3.39. The number of aryl methyl sites for hydroxylation is 2. The predicted octanol–water partition coefficient (Wildman–Crippen LogP) is 2.97. The molecule has 0 fully saturated rings. The molecule has 0 bridgehead atoms. The lowest BCUT2D eigenvalue weighted by Crippen LogP contribution is -2.22. The molecule has 1 heterocycles. The molecule has 4 nitrogen and oxygen atoms in total. The van der Waals surface area contributed by atoms with Crippen molar-refractivity contribution >= 4 is 21.6 Å². The molecule has 1 aromatic carbocycles. The van der Waals surface area contributed by atoms with Crippen molar-refractivity contribution in [2.45, 2.75) is 19.9 Å². The third-order valence-corrected chi connectivity index (χ3v) is 3.39. The van der Waals surface area contributed by atoms with Gasteiger partial charge in [-0.05, 0) is 47.5 Å². The summed E-state index contributed by atoms with van der Waals surface area (Å²) in [6.45, 7) is 2.95. The predicted molar refractivity (Wildman–Crippen MR) is 84.1 cm³/mol. The van der Waals surface area contributed by atoms with Crippen LogP contribution in [0.2, 0.25) is 0 Å². The second-order valence-corrected chi connectivity index (χ2v) is 5.50. The first-order valence-electron chi connectivity index (χ1n) is 6.42. The maximum Gasteiger partial charge on any atom is 0.253 e. The van der Waals surface area contributed by atoms with Gasteiger partial charge in [0.2, 0.25) is 0 Å². The molecule has 2 N–H and O–H groups in total. The van der Waals surface area contributed by atoms with Crippen molar-refractivity contribution in [3.8, 4) is 5.75 Å². The fourth-order valence-electron chi connectivity index (χ4n) is 1.93. The van der Waals surface area contributed by atoms with Gasteiger partial charge >= 0.3 is 0 Å². The van der Waals surface area contributed by atoms with E-state index in [4.69, 9.17) is 10.5 Å². The zero-order valence-electron chi connectivity index (χ0n) is 11.3. The monoisotopic (exact) mass is 336 g/mol. The SMILES string of the molecule is Cc1cc(Br)cn(CCCOc2ccccc2N)c1=O. The lowest BCUT2D eigenvalue weighted by Gasteiger charge is -2.10. The van der Waals surface area contributed by atoms with E-state index >= 15 is 0 Å². The van der Waals surface area contributed by atoms with Crippen LogP contribution < -0.4 is 16.0 Å². The summed E-state index contributed by atoms with van der Waals surface area (Å²) in [7, 11) is 0. The molecule has 20 heavy (non-hydrogen) atoms. The van der Waals surface area contributed by atoms with Crippen LogP contribution in [0.5, 0.6) is 5.75 Å². The highest BCUT2D eigenvalue weighted by molar-refractivity contribution is 9.10. The first-order chi connectivity index (χ1) is 9.58. The summed E-state index contributed by atoms with van der Waals surface area (Å²) in [4.78, 5) is 11.9. The molecule has 0 unspecified atom stereocenters. The quantitative estimate of drug-likeness (QED) is 0.674. The molecule has 0 atom stereocenters. The highest BCUT2D eigenvalue weighted by Gasteiger charge is 2.03. The minimum atomic E-state index is 0.0347. The number of hydrogen-bond donors (Lipinski definition) is 1. The standard InChI is InChI=1S/C15H17BrN2O2/c1-11-9-12(16)10-18(15(11)19)7-4-8-20-14-6-3-2-5-13(14)17/h2-3,5-6,9-10H,4,7-8,17H2,1H3. The summed E-state index contributed by atoms with van der Waals surface area (Å²) in [5.74, 6) is 0.685. The van der Waals surface area contributed by atoms with Crippen molar-refractivity contribution in [1.82, 2.24) is 4.57 Å². The largest absolute Gasteiger partial charge is 0.491 e. The summed E-state index contributed by atoms with van der Waals surface area (Å²) in [6, 6.07) is 9.21. The van der Waals surface area contributed by atoms with E-state index in [2.05, 4.69) is 15.9 Å². The molecule has 0 saturated heterocycles. The van der Waals surface area contributed by atoms with Crippen LogP contribution in [0.4, 0.5) is 5.69 Å². The number of hydrogen-bond acceptors (Lipinski definition) is 3. The number of rotatable bonds is 5. The third kappa shape index (κ3) is 3.63. The Labute approximate surface area is 126 Å². The third-order valence-electron chi connectivity index (χ3n) is 2.95. The summed E-state index contributed by atoms with van der Waals surface area (Å²) in [5, 5.41) is 0. The Morgan fingerprint density at radius 1 is 1.35 bits per heavy atom. The Morgan fingerprint density at radius 3 is 2.85 bits per heavy atom. The fraction of sp³-hybridized carbons (Fsp3) is 0.267. The number of halogens is 1. The summed E-state index contributed by atoms with van der Waals surface area (Å²) < 4.78 is 8.20. The van der Waals surface area contributed by atoms with Crippen molar-refractivity contribution in [3.63, 3.8) is 0 Å². The first-order valence-corrected chi connectivity index (χ1v) is 7.21. The van der Waals surface area contributed by atoms with Gasteiger partial charge in [-0.2, -0.15) is 0 Å². The smallest absolute Gasteiger partial charge is 0.253 e. The maximum atomic E-state index is 11.9. The lowest BCUT2D eigenvalue weighted by atomic mass is 10.3. The van der Waals surface area contributed by atoms with Gasteiger partial charge in [0, 0.05) is 22.8 Å².